The van der Waals surface area contributed by atoms with Gasteiger partial charge in [0.1, 0.15) is 11.5 Å². The van der Waals surface area contributed by atoms with E-state index >= 15 is 0 Å². The van der Waals surface area contributed by atoms with Crippen LogP contribution >= 0.6 is 15.9 Å². The summed E-state index contributed by atoms with van der Waals surface area (Å²) >= 11 is 3.08. The molecule has 2 aromatic rings. The maximum atomic E-state index is 13.1. The fourth-order valence-corrected chi connectivity index (χ4v) is 2.12. The molecule has 1 amide bonds. The van der Waals surface area contributed by atoms with Crippen LogP contribution in [0.2, 0.25) is 0 Å². The van der Waals surface area contributed by atoms with Crippen molar-refractivity contribution in [2.75, 3.05) is 5.32 Å². The summed E-state index contributed by atoms with van der Waals surface area (Å²) in [4.78, 5) is 12.1. The maximum absolute atomic E-state index is 13.1. The molecule has 0 bridgehead atoms. The number of benzene rings is 1. The van der Waals surface area contributed by atoms with Gasteiger partial charge in [0.2, 0.25) is 0 Å². The number of rotatable bonds is 3. The number of aryl methyl sites for hydroxylation is 2. The van der Waals surface area contributed by atoms with E-state index in [4.69, 9.17) is 0 Å². The summed E-state index contributed by atoms with van der Waals surface area (Å²) in [7, 11) is 0. The first kappa shape index (κ1) is 13.7. The highest BCUT2D eigenvalue weighted by atomic mass is 79.9. The lowest BCUT2D eigenvalue weighted by Gasteiger charge is -2.07. The molecule has 0 aliphatic carbocycles. The van der Waals surface area contributed by atoms with Crippen LogP contribution in [-0.4, -0.2) is 15.7 Å². The normalized spacial score (nSPS) is 10.5. The predicted molar refractivity (Wildman–Crippen MR) is 74.7 cm³/mol. The first-order valence-corrected chi connectivity index (χ1v) is 6.61. The Bertz CT molecular complexity index is 624. The largest absolute Gasteiger partial charge is 0.321 e. The minimum atomic E-state index is -0.368. The van der Waals surface area contributed by atoms with Crippen LogP contribution in [0.4, 0.5) is 10.1 Å². The molecular weight excluding hydrogens is 313 g/mol. The second-order valence-corrected chi connectivity index (χ2v) is 4.92. The fourth-order valence-electron chi connectivity index (χ4n) is 1.74. The number of nitrogens with zero attached hydrogens (tertiary/aromatic N) is 2. The van der Waals surface area contributed by atoms with Crippen LogP contribution in [-0.2, 0) is 6.54 Å². The van der Waals surface area contributed by atoms with Gasteiger partial charge >= 0.3 is 0 Å². The topological polar surface area (TPSA) is 46.9 Å². The van der Waals surface area contributed by atoms with Crippen LogP contribution < -0.4 is 5.32 Å². The Balaban J connectivity index is 2.22. The van der Waals surface area contributed by atoms with Crippen molar-refractivity contribution in [3.05, 3.63) is 45.9 Å². The van der Waals surface area contributed by atoms with Crippen LogP contribution in [0.25, 0.3) is 0 Å². The summed E-state index contributed by atoms with van der Waals surface area (Å²) in [6.45, 7) is 4.36. The number of anilines is 1. The minimum absolute atomic E-state index is 0.263. The van der Waals surface area contributed by atoms with Gasteiger partial charge in [-0.2, -0.15) is 5.10 Å². The van der Waals surface area contributed by atoms with Crippen molar-refractivity contribution < 1.29 is 9.18 Å². The highest BCUT2D eigenvalue weighted by Crippen LogP contribution is 2.20. The number of amides is 1. The molecule has 1 aromatic heterocycles. The minimum Gasteiger partial charge on any atom is -0.321 e. The van der Waals surface area contributed by atoms with Gasteiger partial charge in [-0.25, -0.2) is 4.39 Å². The highest BCUT2D eigenvalue weighted by Gasteiger charge is 2.13. The van der Waals surface area contributed by atoms with E-state index in [0.717, 1.165) is 5.69 Å². The van der Waals surface area contributed by atoms with Crippen LogP contribution in [0.3, 0.4) is 0 Å². The average molecular weight is 326 g/mol. The van der Waals surface area contributed by atoms with Gasteiger partial charge in [-0.3, -0.25) is 9.48 Å². The Morgan fingerprint density at radius 3 is 2.84 bits per heavy atom. The zero-order chi connectivity index (χ0) is 14.0. The fraction of sp³-hybridized carbons (Fsp3) is 0.231. The van der Waals surface area contributed by atoms with Gasteiger partial charge in [-0.05, 0) is 54.0 Å². The molecule has 100 valence electrons. The van der Waals surface area contributed by atoms with E-state index in [0.29, 0.717) is 22.4 Å². The Labute approximate surface area is 118 Å². The lowest BCUT2D eigenvalue weighted by atomic mass is 10.3. The summed E-state index contributed by atoms with van der Waals surface area (Å²) in [6, 6.07) is 6.05. The van der Waals surface area contributed by atoms with Gasteiger partial charge in [0.25, 0.3) is 5.91 Å². The van der Waals surface area contributed by atoms with E-state index in [9.17, 15) is 9.18 Å². The molecule has 0 unspecified atom stereocenters. The van der Waals surface area contributed by atoms with E-state index in [1.807, 2.05) is 13.8 Å². The standard InChI is InChI=1S/C13H13BrFN3O/c1-3-18-12(6-8(2)17-18)13(19)16-9-4-5-11(15)10(14)7-9/h4-7H,3H2,1-2H3,(H,16,19). The van der Waals surface area contributed by atoms with Crippen LogP contribution in [0.5, 0.6) is 0 Å². The third-order valence-corrected chi connectivity index (χ3v) is 3.22. The van der Waals surface area contributed by atoms with Crippen LogP contribution in [0, 0.1) is 12.7 Å². The molecule has 0 radical (unpaired) electrons. The van der Waals surface area contributed by atoms with Crippen molar-refractivity contribution in [3.8, 4) is 0 Å². The Kier molecular flexibility index (Phi) is 3.99. The molecule has 0 aliphatic rings. The monoisotopic (exact) mass is 325 g/mol. The van der Waals surface area contributed by atoms with Gasteiger partial charge in [-0.15, -0.1) is 0 Å². The predicted octanol–water partition coefficient (Wildman–Crippen LogP) is 3.37. The van der Waals surface area contributed by atoms with Crippen molar-refractivity contribution in [2.24, 2.45) is 0 Å². The van der Waals surface area contributed by atoms with Crippen molar-refractivity contribution >= 4 is 27.5 Å². The third-order valence-electron chi connectivity index (χ3n) is 2.61. The van der Waals surface area contributed by atoms with Crippen molar-refractivity contribution in [1.29, 1.82) is 0 Å². The summed E-state index contributed by atoms with van der Waals surface area (Å²) in [5.41, 5.74) is 1.80. The van der Waals surface area contributed by atoms with Gasteiger partial charge in [-0.1, -0.05) is 0 Å². The zero-order valence-corrected chi connectivity index (χ0v) is 12.2. The number of carbonyl (C=O) groups is 1. The van der Waals surface area contributed by atoms with Gasteiger partial charge in [0.05, 0.1) is 10.2 Å². The van der Waals surface area contributed by atoms with Gasteiger partial charge in [0, 0.05) is 12.2 Å². The summed E-state index contributed by atoms with van der Waals surface area (Å²) in [5, 5.41) is 6.93. The third kappa shape index (κ3) is 3.01. The van der Waals surface area contributed by atoms with E-state index in [2.05, 4.69) is 26.3 Å². The summed E-state index contributed by atoms with van der Waals surface area (Å²) in [6.07, 6.45) is 0. The summed E-state index contributed by atoms with van der Waals surface area (Å²) < 4.78 is 15.0. The second kappa shape index (κ2) is 5.52. The molecule has 1 aromatic carbocycles. The zero-order valence-electron chi connectivity index (χ0n) is 10.6. The average Bonchev–Trinajstić information content (AvgIpc) is 2.75. The maximum Gasteiger partial charge on any atom is 0.273 e. The van der Waals surface area contributed by atoms with E-state index < -0.39 is 0 Å². The van der Waals surface area contributed by atoms with Crippen molar-refractivity contribution in [2.45, 2.75) is 20.4 Å². The van der Waals surface area contributed by atoms with Gasteiger partial charge < -0.3 is 5.32 Å². The lowest BCUT2D eigenvalue weighted by molar-refractivity contribution is 0.101. The van der Waals surface area contributed by atoms with E-state index in [1.165, 1.54) is 18.2 Å². The van der Waals surface area contributed by atoms with E-state index in [1.54, 1.807) is 10.7 Å². The molecule has 0 saturated heterocycles. The lowest BCUT2D eigenvalue weighted by Crippen LogP contribution is -2.17. The van der Waals surface area contributed by atoms with E-state index in [-0.39, 0.29) is 11.7 Å². The SMILES string of the molecule is CCn1nc(C)cc1C(=O)Nc1ccc(F)c(Br)c1. The highest BCUT2D eigenvalue weighted by molar-refractivity contribution is 9.10. The molecule has 6 heteroatoms. The molecule has 2 rings (SSSR count). The van der Waals surface area contributed by atoms with Crippen molar-refractivity contribution in [3.63, 3.8) is 0 Å². The number of carbonyl (C=O) groups excluding carboxylic acids is 1. The van der Waals surface area contributed by atoms with Crippen LogP contribution in [0.15, 0.2) is 28.7 Å². The molecule has 1 heterocycles. The second-order valence-electron chi connectivity index (χ2n) is 4.07. The molecule has 19 heavy (non-hydrogen) atoms. The number of halogens is 2. The Morgan fingerprint density at radius 2 is 2.21 bits per heavy atom. The first-order chi connectivity index (χ1) is 9.01. The molecule has 0 saturated carbocycles. The van der Waals surface area contributed by atoms with Crippen molar-refractivity contribution in [1.82, 2.24) is 9.78 Å². The molecular formula is C13H13BrFN3O. The summed E-state index contributed by atoms with van der Waals surface area (Å²) in [5.74, 6) is -0.631. The number of nitrogens with one attached hydrogen (secondary N) is 1. The van der Waals surface area contributed by atoms with Crippen LogP contribution in [0.1, 0.15) is 23.1 Å². The number of aromatic nitrogens is 2. The quantitative estimate of drug-likeness (QED) is 0.940. The Hall–Kier alpha value is -1.69. The number of hydrogen-bond acceptors (Lipinski definition) is 2. The molecule has 0 fully saturated rings. The molecule has 1 N–H and O–H groups in total. The first-order valence-electron chi connectivity index (χ1n) is 5.82. The molecule has 0 aliphatic heterocycles. The van der Waals surface area contributed by atoms with Gasteiger partial charge in [0.15, 0.2) is 0 Å². The smallest absolute Gasteiger partial charge is 0.273 e. The molecule has 4 nitrogen and oxygen atoms in total. The molecule has 0 atom stereocenters. The molecule has 0 spiro atoms. The number of hydrogen-bond donors (Lipinski definition) is 1. The Morgan fingerprint density at radius 1 is 1.47 bits per heavy atom.